The Kier molecular flexibility index (Phi) is 17.2. The Hall–Kier alpha value is -3.76. The molecule has 0 aliphatic rings. The average Bonchev–Trinajstić information content (AvgIpc) is 3.10. The molecule has 0 saturated heterocycles. The Labute approximate surface area is 367 Å². The van der Waals surface area contributed by atoms with Gasteiger partial charge in [0.2, 0.25) is 20.0 Å². The highest BCUT2D eigenvalue weighted by molar-refractivity contribution is 14.1. The smallest absolute Gasteiger partial charge is 0.315 e. The summed E-state index contributed by atoms with van der Waals surface area (Å²) in [7, 11) is -7.16. The van der Waals surface area contributed by atoms with Gasteiger partial charge in [0.25, 0.3) is 0 Å². The van der Waals surface area contributed by atoms with Crippen molar-refractivity contribution in [2.45, 2.75) is 78.6 Å². The molecule has 4 aromatic rings. The standard InChI is InChI=1S/2C20H25FIN3O3S/c2*1-20(2,3)15-7-5-13(6-8-15)11-23-19(26)24-12-14-9-16(21)18(17(22)10-14)25-29(4,27)28/h2*5-10,25H,11-12H2,1-4H3,(H2,23,24,26). The van der Waals surface area contributed by atoms with Gasteiger partial charge in [0.1, 0.15) is 11.6 Å². The fourth-order valence-electron chi connectivity index (χ4n) is 5.12. The number of nitrogens with one attached hydrogen (secondary N) is 6. The van der Waals surface area contributed by atoms with Crippen LogP contribution in [0.25, 0.3) is 0 Å². The molecule has 0 aliphatic carbocycles. The van der Waals surface area contributed by atoms with Crippen molar-refractivity contribution in [3.8, 4) is 0 Å². The Bertz CT molecular complexity index is 2090. The second-order valence-corrected chi connectivity index (χ2v) is 21.4. The molecule has 18 heteroatoms. The quantitative estimate of drug-likeness (QED) is 0.0781. The summed E-state index contributed by atoms with van der Waals surface area (Å²) < 4.78 is 78.8. The predicted octanol–water partition coefficient (Wildman–Crippen LogP) is 8.20. The van der Waals surface area contributed by atoms with Crippen molar-refractivity contribution in [2.75, 3.05) is 22.0 Å². The summed E-state index contributed by atoms with van der Waals surface area (Å²) in [5, 5.41) is 10.9. The largest absolute Gasteiger partial charge is 0.334 e. The molecular formula is C40H50F2I2N6O6S2. The predicted molar refractivity (Wildman–Crippen MR) is 244 cm³/mol. The summed E-state index contributed by atoms with van der Waals surface area (Å²) in [4.78, 5) is 24.1. The number of sulfonamides is 2. The highest BCUT2D eigenvalue weighted by Crippen LogP contribution is 2.27. The Morgan fingerprint density at radius 2 is 0.793 bits per heavy atom. The monoisotopic (exact) mass is 1070 g/mol. The van der Waals surface area contributed by atoms with Crippen molar-refractivity contribution >= 4 is 88.7 Å². The highest BCUT2D eigenvalue weighted by atomic mass is 127. The molecule has 4 amide bonds. The van der Waals surface area contributed by atoms with Crippen molar-refractivity contribution < 1.29 is 35.2 Å². The fraction of sp³-hybridized carbons (Fsp3) is 0.350. The molecule has 0 heterocycles. The zero-order chi connectivity index (χ0) is 43.6. The molecule has 0 saturated carbocycles. The SMILES string of the molecule is CC(C)(C)c1ccc(CNC(=O)NCc2cc(F)c(NS(C)(=O)=O)c(I)c2)cc1.CC(C)(C)c1ccc(CNC(=O)NCc2cc(F)c(NS(C)(=O)=O)c(I)c2)cc1. The second kappa shape index (κ2) is 20.5. The molecule has 0 spiro atoms. The molecule has 0 aromatic heterocycles. The lowest BCUT2D eigenvalue weighted by Gasteiger charge is -2.19. The van der Waals surface area contributed by atoms with Crippen molar-refractivity contribution in [1.29, 1.82) is 0 Å². The number of hydrogen-bond acceptors (Lipinski definition) is 6. The van der Waals surface area contributed by atoms with Gasteiger partial charge in [-0.25, -0.2) is 35.2 Å². The Morgan fingerprint density at radius 3 is 1.03 bits per heavy atom. The summed E-state index contributed by atoms with van der Waals surface area (Å²) in [5.41, 5.74) is 5.39. The number of benzene rings is 4. The van der Waals surface area contributed by atoms with Crippen LogP contribution in [0.3, 0.4) is 0 Å². The number of hydrogen-bond donors (Lipinski definition) is 6. The van der Waals surface area contributed by atoms with E-state index >= 15 is 0 Å². The van der Waals surface area contributed by atoms with Gasteiger partial charge in [-0.1, -0.05) is 90.1 Å². The van der Waals surface area contributed by atoms with Crippen LogP contribution < -0.4 is 30.7 Å². The normalized spacial score (nSPS) is 11.8. The molecule has 0 bridgehead atoms. The average molecular weight is 1070 g/mol. The number of amides is 4. The molecule has 0 fully saturated rings. The lowest BCUT2D eigenvalue weighted by molar-refractivity contribution is 0.239. The third-order valence-electron chi connectivity index (χ3n) is 8.23. The first-order chi connectivity index (χ1) is 26.7. The van der Waals surface area contributed by atoms with Crippen molar-refractivity contribution in [2.24, 2.45) is 0 Å². The maximum Gasteiger partial charge on any atom is 0.315 e. The molecule has 316 valence electrons. The van der Waals surface area contributed by atoms with E-state index in [2.05, 4.69) is 72.3 Å². The van der Waals surface area contributed by atoms with Gasteiger partial charge in [-0.2, -0.15) is 0 Å². The third kappa shape index (κ3) is 16.8. The topological polar surface area (TPSA) is 175 Å². The van der Waals surface area contributed by atoms with Gasteiger partial charge in [0, 0.05) is 33.3 Å². The maximum atomic E-state index is 14.2. The Morgan fingerprint density at radius 1 is 0.517 bits per heavy atom. The van der Waals surface area contributed by atoms with Gasteiger partial charge in [-0.05, 0) is 114 Å². The molecule has 58 heavy (non-hydrogen) atoms. The zero-order valence-electron chi connectivity index (χ0n) is 33.5. The van der Waals surface area contributed by atoms with E-state index in [4.69, 9.17) is 0 Å². The van der Waals surface area contributed by atoms with E-state index in [1.54, 1.807) is 12.1 Å². The van der Waals surface area contributed by atoms with Gasteiger partial charge in [-0.15, -0.1) is 0 Å². The van der Waals surface area contributed by atoms with E-state index < -0.39 is 31.7 Å². The fourth-order valence-corrected chi connectivity index (χ4v) is 8.23. The molecule has 0 radical (unpaired) electrons. The van der Waals surface area contributed by atoms with Crippen LogP contribution in [0, 0.1) is 18.8 Å². The summed E-state index contributed by atoms with van der Waals surface area (Å²) >= 11 is 3.69. The molecule has 4 aromatic carbocycles. The summed E-state index contributed by atoms with van der Waals surface area (Å²) in [5.74, 6) is -1.39. The van der Waals surface area contributed by atoms with Gasteiger partial charge in [-0.3, -0.25) is 9.44 Å². The minimum absolute atomic E-state index is 0.0719. The van der Waals surface area contributed by atoms with E-state index in [1.165, 1.54) is 23.3 Å². The minimum atomic E-state index is -3.58. The van der Waals surface area contributed by atoms with Crippen LogP contribution in [0.2, 0.25) is 0 Å². The minimum Gasteiger partial charge on any atom is -0.334 e. The highest BCUT2D eigenvalue weighted by Gasteiger charge is 2.17. The maximum absolute atomic E-state index is 14.2. The molecule has 0 unspecified atom stereocenters. The number of halogens is 4. The number of anilines is 2. The number of carbonyl (C=O) groups excluding carboxylic acids is 2. The van der Waals surface area contributed by atoms with Crippen LogP contribution >= 0.6 is 45.2 Å². The van der Waals surface area contributed by atoms with Crippen LogP contribution in [0.15, 0.2) is 72.8 Å². The Balaban J connectivity index is 0.000000310. The zero-order valence-corrected chi connectivity index (χ0v) is 39.5. The first-order valence-electron chi connectivity index (χ1n) is 17.8. The molecule has 0 aliphatic heterocycles. The molecule has 12 nitrogen and oxygen atoms in total. The van der Waals surface area contributed by atoms with Gasteiger partial charge < -0.3 is 21.3 Å². The first kappa shape index (κ1) is 48.6. The number of carbonyl (C=O) groups is 2. The number of urea groups is 2. The van der Waals surface area contributed by atoms with Gasteiger partial charge >= 0.3 is 12.1 Å². The summed E-state index contributed by atoms with van der Waals surface area (Å²) in [6.45, 7) is 13.8. The van der Waals surface area contributed by atoms with Gasteiger partial charge in [0.15, 0.2) is 0 Å². The van der Waals surface area contributed by atoms with E-state index in [9.17, 15) is 35.2 Å². The van der Waals surface area contributed by atoms with E-state index in [1.807, 2.05) is 93.7 Å². The third-order valence-corrected chi connectivity index (χ3v) is 11.1. The number of rotatable bonds is 12. The molecule has 0 atom stereocenters. The summed E-state index contributed by atoms with van der Waals surface area (Å²) in [6, 6.07) is 21.0. The lowest BCUT2D eigenvalue weighted by atomic mass is 9.87. The van der Waals surface area contributed by atoms with Gasteiger partial charge in [0.05, 0.1) is 23.9 Å². The molecular weight excluding hydrogens is 1020 g/mol. The van der Waals surface area contributed by atoms with E-state index in [0.717, 1.165) is 23.6 Å². The van der Waals surface area contributed by atoms with E-state index in [-0.39, 0.29) is 47.4 Å². The summed E-state index contributed by atoms with van der Waals surface area (Å²) in [6.07, 6.45) is 1.91. The van der Waals surface area contributed by atoms with Crippen LogP contribution in [-0.2, 0) is 57.1 Å². The van der Waals surface area contributed by atoms with Crippen LogP contribution in [-0.4, -0.2) is 41.4 Å². The van der Waals surface area contributed by atoms with Crippen LogP contribution in [0.4, 0.5) is 29.7 Å². The van der Waals surface area contributed by atoms with Crippen LogP contribution in [0.5, 0.6) is 0 Å². The first-order valence-corrected chi connectivity index (χ1v) is 23.8. The second-order valence-electron chi connectivity index (χ2n) is 15.6. The van der Waals surface area contributed by atoms with E-state index in [0.29, 0.717) is 31.4 Å². The lowest BCUT2D eigenvalue weighted by Crippen LogP contribution is -2.34. The van der Waals surface area contributed by atoms with Crippen molar-refractivity contribution in [1.82, 2.24) is 21.3 Å². The van der Waals surface area contributed by atoms with Crippen LogP contribution in [0.1, 0.15) is 74.9 Å². The molecule has 4 rings (SSSR count). The van der Waals surface area contributed by atoms with Crippen molar-refractivity contribution in [3.05, 3.63) is 125 Å². The van der Waals surface area contributed by atoms with Crippen molar-refractivity contribution in [3.63, 3.8) is 0 Å². The molecule has 6 N–H and O–H groups in total.